The topological polar surface area (TPSA) is 61.5 Å². The van der Waals surface area contributed by atoms with Crippen LogP contribution in [0.25, 0.3) is 0 Å². The summed E-state index contributed by atoms with van der Waals surface area (Å²) in [5, 5.41) is 0. The van der Waals surface area contributed by atoms with E-state index in [2.05, 4.69) is 33.6 Å². The van der Waals surface area contributed by atoms with Crippen LogP contribution in [0.4, 0.5) is 0 Å². The predicted octanol–water partition coefficient (Wildman–Crippen LogP) is 2.49. The van der Waals surface area contributed by atoms with Crippen molar-refractivity contribution < 1.29 is 9.53 Å². The van der Waals surface area contributed by atoms with Gasteiger partial charge in [-0.05, 0) is 45.4 Å². The summed E-state index contributed by atoms with van der Waals surface area (Å²) in [5.74, 6) is 0.394. The predicted molar refractivity (Wildman–Crippen MR) is 99.6 cm³/mol. The average molecular weight is 361 g/mol. The number of aryl methyl sites for hydroxylation is 1. The van der Waals surface area contributed by atoms with Crippen molar-refractivity contribution in [2.24, 2.45) is 5.41 Å². The van der Waals surface area contributed by atoms with Crippen molar-refractivity contribution in [3.8, 4) is 0 Å². The molecule has 3 saturated heterocycles. The van der Waals surface area contributed by atoms with E-state index in [1.54, 1.807) is 13.4 Å². The first-order chi connectivity index (χ1) is 12.6. The Morgan fingerprint density at radius 2 is 2.12 bits per heavy atom. The highest BCUT2D eigenvalue weighted by Crippen LogP contribution is 2.53. The van der Waals surface area contributed by atoms with Crippen molar-refractivity contribution in [1.29, 1.82) is 0 Å². The van der Waals surface area contributed by atoms with Crippen LogP contribution in [0.2, 0.25) is 0 Å². The number of carbonyl (C=O) groups excluding carboxylic acids is 1. The minimum Gasteiger partial charge on any atom is -0.381 e. The van der Waals surface area contributed by atoms with Gasteiger partial charge < -0.3 is 14.6 Å². The Bertz CT molecular complexity index is 652. The molecule has 3 atom stereocenters. The lowest BCUT2D eigenvalue weighted by Crippen LogP contribution is -2.52. The summed E-state index contributed by atoms with van der Waals surface area (Å²) in [7, 11) is 1.78. The highest BCUT2D eigenvalue weighted by atomic mass is 16.5. The van der Waals surface area contributed by atoms with Gasteiger partial charge in [0.25, 0.3) is 0 Å². The van der Waals surface area contributed by atoms with Gasteiger partial charge in [0.05, 0.1) is 23.5 Å². The van der Waals surface area contributed by atoms with E-state index in [1.165, 1.54) is 6.42 Å². The summed E-state index contributed by atoms with van der Waals surface area (Å²) in [4.78, 5) is 26.0. The molecule has 0 spiro atoms. The van der Waals surface area contributed by atoms with Gasteiger partial charge in [0, 0.05) is 44.5 Å². The quantitative estimate of drug-likeness (QED) is 0.876. The highest BCUT2D eigenvalue weighted by Gasteiger charge is 2.59. The molecule has 0 aliphatic carbocycles. The van der Waals surface area contributed by atoms with Gasteiger partial charge in [-0.3, -0.25) is 9.69 Å². The molecule has 144 valence electrons. The minimum absolute atomic E-state index is 0.201. The van der Waals surface area contributed by atoms with Gasteiger partial charge in [-0.15, -0.1) is 0 Å². The summed E-state index contributed by atoms with van der Waals surface area (Å²) in [6, 6.07) is 0.887. The van der Waals surface area contributed by atoms with Gasteiger partial charge in [0.1, 0.15) is 0 Å². The number of carbonyl (C=O) groups is 1. The molecule has 4 rings (SSSR count). The molecule has 4 heterocycles. The van der Waals surface area contributed by atoms with E-state index in [0.717, 1.165) is 63.1 Å². The lowest BCUT2D eigenvalue weighted by Gasteiger charge is -2.42. The second-order valence-electron chi connectivity index (χ2n) is 8.33. The molecule has 3 aliphatic rings. The van der Waals surface area contributed by atoms with E-state index in [9.17, 15) is 4.79 Å². The van der Waals surface area contributed by atoms with E-state index >= 15 is 0 Å². The monoisotopic (exact) mass is 360 g/mol. The maximum Gasteiger partial charge on any atom is 0.230 e. The van der Waals surface area contributed by atoms with Gasteiger partial charge in [0.15, 0.2) is 0 Å². The summed E-state index contributed by atoms with van der Waals surface area (Å²) in [5.41, 5.74) is 2.07. The largest absolute Gasteiger partial charge is 0.381 e. The number of rotatable bonds is 5. The lowest BCUT2D eigenvalue weighted by atomic mass is 9.70. The number of imidazole rings is 1. The number of methoxy groups -OCH3 is 1. The summed E-state index contributed by atoms with van der Waals surface area (Å²) < 4.78 is 5.48. The third kappa shape index (κ3) is 2.78. The number of amides is 1. The van der Waals surface area contributed by atoms with E-state index in [-0.39, 0.29) is 5.41 Å². The van der Waals surface area contributed by atoms with Crippen molar-refractivity contribution in [1.82, 2.24) is 19.8 Å². The van der Waals surface area contributed by atoms with Crippen molar-refractivity contribution in [3.63, 3.8) is 0 Å². The second kappa shape index (κ2) is 6.97. The molecule has 0 aromatic carbocycles. The Kier molecular flexibility index (Phi) is 4.82. The highest BCUT2D eigenvalue weighted by molar-refractivity contribution is 5.84. The molecule has 1 aromatic rings. The Balaban J connectivity index is 1.51. The Hall–Kier alpha value is -1.40. The van der Waals surface area contributed by atoms with Crippen LogP contribution in [0.15, 0.2) is 6.33 Å². The molecule has 0 unspecified atom stereocenters. The maximum atomic E-state index is 13.6. The summed E-state index contributed by atoms with van der Waals surface area (Å²) in [6.07, 6.45) is 8.33. The van der Waals surface area contributed by atoms with Crippen LogP contribution in [-0.4, -0.2) is 64.1 Å². The lowest BCUT2D eigenvalue weighted by molar-refractivity contribution is -0.147. The zero-order chi connectivity index (χ0) is 18.3. The maximum absolute atomic E-state index is 13.6. The third-order valence-electron chi connectivity index (χ3n) is 7.27. The first kappa shape index (κ1) is 18.0. The van der Waals surface area contributed by atoms with Crippen molar-refractivity contribution in [3.05, 3.63) is 17.7 Å². The van der Waals surface area contributed by atoms with Crippen LogP contribution >= 0.6 is 0 Å². The smallest absolute Gasteiger partial charge is 0.230 e. The number of aromatic amines is 1. The molecule has 0 radical (unpaired) electrons. The second-order valence-corrected chi connectivity index (χ2v) is 8.33. The van der Waals surface area contributed by atoms with Crippen LogP contribution < -0.4 is 0 Å². The van der Waals surface area contributed by atoms with E-state index < -0.39 is 0 Å². The first-order valence-electron chi connectivity index (χ1n) is 10.2. The van der Waals surface area contributed by atoms with Crippen LogP contribution in [0.1, 0.15) is 56.8 Å². The van der Waals surface area contributed by atoms with Crippen LogP contribution in [-0.2, 0) is 16.1 Å². The number of nitrogens with one attached hydrogen (secondary N) is 1. The SMILES string of the molecule is CC[C@@]1(C(=O)N2CCC(OC)CC2)C[C@@H]2CC[C@H]1N2Cc1nc[nH]c1C. The fraction of sp³-hybridized carbons (Fsp3) is 0.800. The van der Waals surface area contributed by atoms with Gasteiger partial charge in [-0.1, -0.05) is 6.92 Å². The number of piperidine rings is 1. The molecule has 1 aromatic heterocycles. The average Bonchev–Trinajstić information content (AvgIpc) is 3.35. The minimum atomic E-state index is -0.201. The molecular formula is C20H32N4O2. The molecule has 26 heavy (non-hydrogen) atoms. The number of hydrogen-bond donors (Lipinski definition) is 1. The van der Waals surface area contributed by atoms with Crippen LogP contribution in [0.5, 0.6) is 0 Å². The molecule has 0 saturated carbocycles. The molecule has 3 fully saturated rings. The normalized spacial score (nSPS) is 32.5. The number of likely N-dealkylation sites (tertiary alicyclic amines) is 1. The zero-order valence-corrected chi connectivity index (χ0v) is 16.3. The molecule has 2 bridgehead atoms. The molecule has 6 heteroatoms. The standard InChI is InChI=1S/C20H32N4O2/c1-4-20(19(25)23-9-7-16(26-3)8-10-23)11-15-5-6-18(20)24(15)12-17-14(2)21-13-22-17/h13,15-16,18H,4-12H2,1-3H3,(H,21,22)/t15-,18+,20+/m0/s1. The number of aromatic nitrogens is 2. The number of ether oxygens (including phenoxy) is 1. The third-order valence-corrected chi connectivity index (χ3v) is 7.27. The zero-order valence-electron chi connectivity index (χ0n) is 16.3. The van der Waals surface area contributed by atoms with Crippen LogP contribution in [0.3, 0.4) is 0 Å². The molecule has 6 nitrogen and oxygen atoms in total. The molecule has 1 amide bonds. The molecule has 3 aliphatic heterocycles. The first-order valence-corrected chi connectivity index (χ1v) is 10.2. The fourth-order valence-corrected chi connectivity index (χ4v) is 5.64. The van der Waals surface area contributed by atoms with E-state index in [4.69, 9.17) is 4.74 Å². The Morgan fingerprint density at radius 1 is 1.35 bits per heavy atom. The van der Waals surface area contributed by atoms with Crippen molar-refractivity contribution >= 4 is 5.91 Å². The number of H-pyrrole nitrogens is 1. The van der Waals surface area contributed by atoms with E-state index in [0.29, 0.717) is 24.1 Å². The van der Waals surface area contributed by atoms with E-state index in [1.807, 2.05) is 0 Å². The fourth-order valence-electron chi connectivity index (χ4n) is 5.64. The summed E-state index contributed by atoms with van der Waals surface area (Å²) in [6.45, 7) is 6.84. The number of nitrogens with zero attached hydrogens (tertiary/aromatic N) is 3. The van der Waals surface area contributed by atoms with Crippen molar-refractivity contribution in [2.45, 2.75) is 77.1 Å². The van der Waals surface area contributed by atoms with Crippen LogP contribution in [0, 0.1) is 12.3 Å². The van der Waals surface area contributed by atoms with Gasteiger partial charge in [-0.25, -0.2) is 4.98 Å². The van der Waals surface area contributed by atoms with Crippen molar-refractivity contribution in [2.75, 3.05) is 20.2 Å². The van der Waals surface area contributed by atoms with Gasteiger partial charge in [-0.2, -0.15) is 0 Å². The molecular weight excluding hydrogens is 328 g/mol. The van der Waals surface area contributed by atoms with Gasteiger partial charge >= 0.3 is 0 Å². The summed E-state index contributed by atoms with van der Waals surface area (Å²) >= 11 is 0. The number of hydrogen-bond acceptors (Lipinski definition) is 4. The number of fused-ring (bicyclic) bond motifs is 2. The Labute approximate surface area is 156 Å². The van der Waals surface area contributed by atoms with Gasteiger partial charge in [0.2, 0.25) is 5.91 Å². The molecule has 1 N–H and O–H groups in total. The Morgan fingerprint density at radius 3 is 2.73 bits per heavy atom.